The fourth-order valence-electron chi connectivity index (χ4n) is 1.80. The molecule has 2 aromatic heterocycles. The molecular formula is C13H17N5O2S. The predicted octanol–water partition coefficient (Wildman–Crippen LogP) is 2.16. The molecule has 2 heterocycles. The smallest absolute Gasteiger partial charge is 0.343 e. The molecule has 0 aliphatic rings. The Hall–Kier alpha value is -2.09. The molecule has 0 bridgehead atoms. The van der Waals surface area contributed by atoms with Gasteiger partial charge >= 0.3 is 5.97 Å². The van der Waals surface area contributed by atoms with Gasteiger partial charge in [0.1, 0.15) is 11.4 Å². The number of ether oxygens (including phenoxy) is 1. The number of nitrogens with one attached hydrogen (secondary N) is 1. The van der Waals surface area contributed by atoms with Crippen molar-refractivity contribution in [2.75, 3.05) is 18.2 Å². The third kappa shape index (κ3) is 3.52. The van der Waals surface area contributed by atoms with Gasteiger partial charge in [0.15, 0.2) is 5.16 Å². The number of thioether (sulfide) groups is 1. The van der Waals surface area contributed by atoms with E-state index in [0.29, 0.717) is 28.8 Å². The summed E-state index contributed by atoms with van der Waals surface area (Å²) in [5, 5.41) is 7.77. The number of esters is 1. The molecule has 0 atom stereocenters. The van der Waals surface area contributed by atoms with Crippen LogP contribution in [0.3, 0.4) is 0 Å². The van der Waals surface area contributed by atoms with Gasteiger partial charge in [-0.3, -0.25) is 4.68 Å². The first-order valence-electron chi connectivity index (χ1n) is 6.40. The summed E-state index contributed by atoms with van der Waals surface area (Å²) < 4.78 is 6.74. The Bertz CT molecular complexity index is 656. The van der Waals surface area contributed by atoms with Gasteiger partial charge in [-0.1, -0.05) is 11.8 Å². The fourth-order valence-corrected chi connectivity index (χ4v) is 2.21. The van der Waals surface area contributed by atoms with Gasteiger partial charge in [0.25, 0.3) is 0 Å². The summed E-state index contributed by atoms with van der Waals surface area (Å²) in [7, 11) is 1.82. The van der Waals surface area contributed by atoms with Crippen molar-refractivity contribution >= 4 is 29.2 Å². The number of anilines is 2. The maximum Gasteiger partial charge on any atom is 0.343 e. The Kier molecular flexibility index (Phi) is 4.79. The third-order valence-electron chi connectivity index (χ3n) is 2.70. The highest BCUT2D eigenvalue weighted by molar-refractivity contribution is 7.98. The molecule has 0 unspecified atom stereocenters. The minimum absolute atomic E-state index is 0.300. The highest BCUT2D eigenvalue weighted by atomic mass is 32.2. The zero-order valence-corrected chi connectivity index (χ0v) is 13.2. The van der Waals surface area contributed by atoms with E-state index in [-0.39, 0.29) is 0 Å². The largest absolute Gasteiger partial charge is 0.462 e. The number of carbonyl (C=O) groups excluding carboxylic acids is 1. The average molecular weight is 307 g/mol. The van der Waals surface area contributed by atoms with Gasteiger partial charge in [-0.15, -0.1) is 0 Å². The molecule has 0 saturated carbocycles. The van der Waals surface area contributed by atoms with Crippen molar-refractivity contribution in [2.45, 2.75) is 19.0 Å². The van der Waals surface area contributed by atoms with Crippen LogP contribution in [-0.2, 0) is 11.8 Å². The Labute approximate surface area is 127 Å². The minimum atomic E-state index is -0.436. The normalized spacial score (nSPS) is 10.5. The maximum atomic E-state index is 12.1. The van der Waals surface area contributed by atoms with Gasteiger partial charge in [0.2, 0.25) is 0 Å². The fraction of sp³-hybridized carbons (Fsp3) is 0.385. The van der Waals surface area contributed by atoms with E-state index in [1.54, 1.807) is 30.9 Å². The van der Waals surface area contributed by atoms with Crippen molar-refractivity contribution in [2.24, 2.45) is 7.05 Å². The maximum absolute atomic E-state index is 12.1. The summed E-state index contributed by atoms with van der Waals surface area (Å²) in [5.41, 5.74) is 1.67. The molecule has 0 amide bonds. The zero-order valence-electron chi connectivity index (χ0n) is 12.4. The zero-order chi connectivity index (χ0) is 15.4. The van der Waals surface area contributed by atoms with E-state index in [9.17, 15) is 4.79 Å². The number of aryl methyl sites for hydroxylation is 2. The molecule has 0 aromatic carbocycles. The van der Waals surface area contributed by atoms with Gasteiger partial charge in [-0.25, -0.2) is 14.8 Å². The molecule has 0 saturated heterocycles. The van der Waals surface area contributed by atoms with Crippen LogP contribution in [0.2, 0.25) is 0 Å². The number of carbonyl (C=O) groups is 1. The lowest BCUT2D eigenvalue weighted by atomic mass is 10.2. The lowest BCUT2D eigenvalue weighted by molar-refractivity contribution is 0.0525. The Morgan fingerprint density at radius 3 is 2.81 bits per heavy atom. The van der Waals surface area contributed by atoms with E-state index in [4.69, 9.17) is 4.74 Å². The van der Waals surface area contributed by atoms with Gasteiger partial charge in [0, 0.05) is 13.2 Å². The second-order valence-corrected chi connectivity index (χ2v) is 5.04. The van der Waals surface area contributed by atoms with Crippen LogP contribution in [-0.4, -0.2) is 38.6 Å². The number of hydrogen-bond donors (Lipinski definition) is 1. The number of hydrogen-bond acceptors (Lipinski definition) is 7. The predicted molar refractivity (Wildman–Crippen MR) is 81.0 cm³/mol. The number of aromatic nitrogens is 4. The van der Waals surface area contributed by atoms with E-state index >= 15 is 0 Å². The first-order valence-corrected chi connectivity index (χ1v) is 7.63. The van der Waals surface area contributed by atoms with E-state index in [2.05, 4.69) is 20.4 Å². The first kappa shape index (κ1) is 15.3. The van der Waals surface area contributed by atoms with Crippen LogP contribution in [0.1, 0.15) is 23.0 Å². The van der Waals surface area contributed by atoms with Crippen molar-refractivity contribution < 1.29 is 9.53 Å². The highest BCUT2D eigenvalue weighted by Crippen LogP contribution is 2.24. The van der Waals surface area contributed by atoms with Crippen LogP contribution in [0.4, 0.5) is 11.5 Å². The third-order valence-corrected chi connectivity index (χ3v) is 3.25. The van der Waals surface area contributed by atoms with Crippen LogP contribution < -0.4 is 5.32 Å². The first-order chi connectivity index (χ1) is 10.0. The van der Waals surface area contributed by atoms with E-state index in [1.807, 2.05) is 13.3 Å². The molecule has 2 rings (SSSR count). The van der Waals surface area contributed by atoms with Crippen LogP contribution in [0.5, 0.6) is 0 Å². The van der Waals surface area contributed by atoms with E-state index in [1.165, 1.54) is 11.8 Å². The van der Waals surface area contributed by atoms with Gasteiger partial charge in [-0.2, -0.15) is 5.10 Å². The van der Waals surface area contributed by atoms with Gasteiger partial charge < -0.3 is 10.1 Å². The standard InChI is InChI=1S/C13H17N5O2S/c1-5-20-12(19)10-8(2)15-13(21-4)17-11(10)16-9-6-14-18(3)7-9/h6-7H,5H2,1-4H3,(H,15,16,17). The van der Waals surface area contributed by atoms with E-state index < -0.39 is 5.97 Å². The van der Waals surface area contributed by atoms with Crippen LogP contribution in [0, 0.1) is 6.92 Å². The molecule has 2 aromatic rings. The van der Waals surface area contributed by atoms with Crippen molar-refractivity contribution in [3.8, 4) is 0 Å². The quantitative estimate of drug-likeness (QED) is 0.515. The van der Waals surface area contributed by atoms with Crippen LogP contribution in [0.15, 0.2) is 17.6 Å². The summed E-state index contributed by atoms with van der Waals surface area (Å²) in [6.45, 7) is 3.83. The molecule has 0 radical (unpaired) electrons. The van der Waals surface area contributed by atoms with Gasteiger partial charge in [0.05, 0.1) is 24.2 Å². The molecule has 21 heavy (non-hydrogen) atoms. The van der Waals surface area contributed by atoms with Crippen molar-refractivity contribution in [1.82, 2.24) is 19.7 Å². The lowest BCUT2D eigenvalue weighted by Crippen LogP contribution is -2.13. The highest BCUT2D eigenvalue weighted by Gasteiger charge is 2.20. The Morgan fingerprint density at radius 1 is 1.48 bits per heavy atom. The van der Waals surface area contributed by atoms with E-state index in [0.717, 1.165) is 5.69 Å². The van der Waals surface area contributed by atoms with Crippen LogP contribution in [0.25, 0.3) is 0 Å². The molecule has 0 spiro atoms. The SMILES string of the molecule is CCOC(=O)c1c(C)nc(SC)nc1Nc1cnn(C)c1. The molecule has 0 aliphatic heterocycles. The monoisotopic (exact) mass is 307 g/mol. The van der Waals surface area contributed by atoms with Crippen LogP contribution >= 0.6 is 11.8 Å². The number of nitrogens with zero attached hydrogens (tertiary/aromatic N) is 4. The van der Waals surface area contributed by atoms with Crippen molar-refractivity contribution in [3.05, 3.63) is 23.7 Å². The minimum Gasteiger partial charge on any atom is -0.462 e. The lowest BCUT2D eigenvalue weighted by Gasteiger charge is -2.12. The molecule has 7 nitrogen and oxygen atoms in total. The van der Waals surface area contributed by atoms with Crippen molar-refractivity contribution in [3.63, 3.8) is 0 Å². The Balaban J connectivity index is 2.44. The summed E-state index contributed by atoms with van der Waals surface area (Å²) in [5.74, 6) is -0.00709. The average Bonchev–Trinajstić information content (AvgIpc) is 2.83. The second kappa shape index (κ2) is 6.57. The summed E-state index contributed by atoms with van der Waals surface area (Å²) in [4.78, 5) is 20.8. The molecule has 0 aliphatic carbocycles. The van der Waals surface area contributed by atoms with Crippen molar-refractivity contribution in [1.29, 1.82) is 0 Å². The number of rotatable bonds is 5. The Morgan fingerprint density at radius 2 is 2.24 bits per heavy atom. The summed E-state index contributed by atoms with van der Waals surface area (Å²) in [6.07, 6.45) is 5.34. The molecular weight excluding hydrogens is 290 g/mol. The molecule has 0 fully saturated rings. The van der Waals surface area contributed by atoms with Gasteiger partial charge in [-0.05, 0) is 20.1 Å². The topological polar surface area (TPSA) is 81.9 Å². The molecule has 112 valence electrons. The second-order valence-electron chi connectivity index (χ2n) is 4.27. The summed E-state index contributed by atoms with van der Waals surface area (Å²) in [6, 6.07) is 0. The molecule has 8 heteroatoms. The molecule has 1 N–H and O–H groups in total. The summed E-state index contributed by atoms with van der Waals surface area (Å²) >= 11 is 1.41.